The summed E-state index contributed by atoms with van der Waals surface area (Å²) < 4.78 is 32.1. The highest BCUT2D eigenvalue weighted by Gasteiger charge is 2.27. The molecule has 0 bridgehead atoms. The zero-order chi connectivity index (χ0) is 14.0. The summed E-state index contributed by atoms with van der Waals surface area (Å²) in [5.41, 5.74) is -0.131. The van der Waals surface area contributed by atoms with E-state index in [1.54, 1.807) is 0 Å². The van der Waals surface area contributed by atoms with Gasteiger partial charge in [0.05, 0.1) is 5.02 Å². The molecule has 0 spiro atoms. The first kappa shape index (κ1) is 14.2. The van der Waals surface area contributed by atoms with E-state index in [2.05, 4.69) is 5.32 Å². The zero-order valence-corrected chi connectivity index (χ0v) is 11.1. The second-order valence-corrected chi connectivity index (χ2v) is 4.86. The Morgan fingerprint density at radius 1 is 1.47 bits per heavy atom. The monoisotopic (exact) mass is 289 g/mol. The van der Waals surface area contributed by atoms with Gasteiger partial charge in [0.1, 0.15) is 23.8 Å². The molecule has 3 nitrogen and oxygen atoms in total. The minimum absolute atomic E-state index is 0.131. The molecule has 1 heterocycles. The Hall–Kier alpha value is -1.20. The van der Waals surface area contributed by atoms with E-state index < -0.39 is 23.7 Å². The Kier molecular flexibility index (Phi) is 4.37. The highest BCUT2D eigenvalue weighted by atomic mass is 35.5. The van der Waals surface area contributed by atoms with Crippen LogP contribution in [-0.4, -0.2) is 18.6 Å². The van der Waals surface area contributed by atoms with Crippen molar-refractivity contribution in [3.63, 3.8) is 0 Å². The first-order chi connectivity index (χ1) is 9.00. The summed E-state index contributed by atoms with van der Waals surface area (Å²) in [5.74, 6) is -1.89. The predicted octanol–water partition coefficient (Wildman–Crippen LogP) is 2.97. The van der Waals surface area contributed by atoms with E-state index in [0.717, 1.165) is 25.1 Å². The lowest BCUT2D eigenvalue weighted by molar-refractivity contribution is -0.150. The van der Waals surface area contributed by atoms with Gasteiger partial charge in [-0.05, 0) is 38.4 Å². The summed E-state index contributed by atoms with van der Waals surface area (Å²) >= 11 is 5.71. The first-order valence-corrected chi connectivity index (χ1v) is 6.45. The van der Waals surface area contributed by atoms with Gasteiger partial charge in [-0.2, -0.15) is 0 Å². The van der Waals surface area contributed by atoms with Gasteiger partial charge in [-0.3, -0.25) is 4.79 Å². The summed E-state index contributed by atoms with van der Waals surface area (Å²) in [5, 5.41) is 2.63. The Labute approximate surface area is 114 Å². The number of hydrogen-bond donors (Lipinski definition) is 1. The van der Waals surface area contributed by atoms with E-state index in [1.165, 1.54) is 6.92 Å². The molecule has 1 N–H and O–H groups in total. The Bertz CT molecular complexity index is 490. The van der Waals surface area contributed by atoms with Crippen LogP contribution < -0.4 is 5.32 Å². The minimum atomic E-state index is -0.932. The highest BCUT2D eigenvalue weighted by molar-refractivity contribution is 6.31. The predicted molar refractivity (Wildman–Crippen MR) is 66.9 cm³/mol. The molecule has 1 saturated heterocycles. The van der Waals surface area contributed by atoms with E-state index in [4.69, 9.17) is 16.3 Å². The molecule has 1 aromatic carbocycles. The zero-order valence-electron chi connectivity index (χ0n) is 10.4. The van der Waals surface area contributed by atoms with Gasteiger partial charge in [0.25, 0.3) is 0 Å². The van der Waals surface area contributed by atoms with E-state index >= 15 is 0 Å². The molecule has 0 unspecified atom stereocenters. The van der Waals surface area contributed by atoms with Gasteiger partial charge in [-0.15, -0.1) is 0 Å². The van der Waals surface area contributed by atoms with Crippen molar-refractivity contribution in [3.05, 3.63) is 34.4 Å². The summed E-state index contributed by atoms with van der Waals surface area (Å²) in [4.78, 5) is 11.8. The maximum absolute atomic E-state index is 13.7. The van der Waals surface area contributed by atoms with Gasteiger partial charge in [-0.25, -0.2) is 8.78 Å². The van der Waals surface area contributed by atoms with Crippen molar-refractivity contribution in [2.75, 3.05) is 6.54 Å². The number of carbonyl (C=O) groups is 1. The second kappa shape index (κ2) is 5.84. The second-order valence-electron chi connectivity index (χ2n) is 4.48. The number of halogens is 3. The van der Waals surface area contributed by atoms with Gasteiger partial charge in [0.15, 0.2) is 0 Å². The Balaban J connectivity index is 2.13. The molecule has 0 aromatic heterocycles. The van der Waals surface area contributed by atoms with E-state index in [9.17, 15) is 13.6 Å². The number of hydrogen-bond acceptors (Lipinski definition) is 3. The fourth-order valence-corrected chi connectivity index (χ4v) is 2.42. The standard InChI is InChI=1S/C13H14ClF2NO2/c1-7(19-13(18)10-3-2-6-17-10)11-8(15)4-5-9(16)12(11)14/h4-5,7,10,17H,2-3,6H2,1H3/t7-,10+/m0/s1. The van der Waals surface area contributed by atoms with Crippen LogP contribution >= 0.6 is 11.6 Å². The van der Waals surface area contributed by atoms with Crippen LogP contribution in [0.25, 0.3) is 0 Å². The average Bonchev–Trinajstić information content (AvgIpc) is 2.88. The van der Waals surface area contributed by atoms with Crippen molar-refractivity contribution in [2.45, 2.75) is 31.9 Å². The van der Waals surface area contributed by atoms with Crippen LogP contribution in [0.3, 0.4) is 0 Å². The minimum Gasteiger partial charge on any atom is -0.456 e. The van der Waals surface area contributed by atoms with Crippen molar-refractivity contribution in [1.29, 1.82) is 0 Å². The van der Waals surface area contributed by atoms with Crippen molar-refractivity contribution in [3.8, 4) is 0 Å². The maximum atomic E-state index is 13.7. The molecular formula is C13H14ClF2NO2. The fourth-order valence-electron chi connectivity index (χ4n) is 2.12. The van der Waals surface area contributed by atoms with Crippen molar-refractivity contribution in [1.82, 2.24) is 5.32 Å². The summed E-state index contributed by atoms with van der Waals surface area (Å²) in [7, 11) is 0. The Morgan fingerprint density at radius 3 is 2.79 bits per heavy atom. The van der Waals surface area contributed by atoms with E-state index in [-0.39, 0.29) is 16.6 Å². The molecule has 2 rings (SSSR count). The maximum Gasteiger partial charge on any atom is 0.323 e. The molecule has 1 aliphatic heterocycles. The Morgan fingerprint density at radius 2 is 2.16 bits per heavy atom. The lowest BCUT2D eigenvalue weighted by atomic mass is 10.1. The number of benzene rings is 1. The fraction of sp³-hybridized carbons (Fsp3) is 0.462. The summed E-state index contributed by atoms with van der Waals surface area (Å²) in [6.07, 6.45) is 0.645. The third kappa shape index (κ3) is 3.04. The number of rotatable bonds is 3. The molecule has 104 valence electrons. The third-order valence-electron chi connectivity index (χ3n) is 3.12. The molecule has 1 aliphatic rings. The van der Waals surface area contributed by atoms with Gasteiger partial charge in [-0.1, -0.05) is 11.6 Å². The molecule has 0 saturated carbocycles. The van der Waals surface area contributed by atoms with Gasteiger partial charge in [0.2, 0.25) is 0 Å². The average molecular weight is 290 g/mol. The number of esters is 1. The molecule has 19 heavy (non-hydrogen) atoms. The topological polar surface area (TPSA) is 38.3 Å². The SMILES string of the molecule is C[C@H](OC(=O)[C@H]1CCCN1)c1c(F)ccc(F)c1Cl. The van der Waals surface area contributed by atoms with Crippen LogP contribution in [-0.2, 0) is 9.53 Å². The number of carbonyl (C=O) groups excluding carboxylic acids is 1. The van der Waals surface area contributed by atoms with E-state index in [0.29, 0.717) is 6.42 Å². The highest BCUT2D eigenvalue weighted by Crippen LogP contribution is 2.30. The summed E-state index contributed by atoms with van der Waals surface area (Å²) in [6.45, 7) is 2.22. The van der Waals surface area contributed by atoms with Crippen LogP contribution in [0.1, 0.15) is 31.4 Å². The van der Waals surface area contributed by atoms with Crippen molar-refractivity contribution >= 4 is 17.6 Å². The summed E-state index contributed by atoms with van der Waals surface area (Å²) in [6, 6.07) is 1.53. The van der Waals surface area contributed by atoms with Crippen molar-refractivity contribution in [2.24, 2.45) is 0 Å². The smallest absolute Gasteiger partial charge is 0.323 e. The van der Waals surface area contributed by atoms with Gasteiger partial charge in [0, 0.05) is 5.56 Å². The van der Waals surface area contributed by atoms with Gasteiger partial charge < -0.3 is 10.1 Å². The molecule has 0 radical (unpaired) electrons. The molecule has 2 atom stereocenters. The van der Waals surface area contributed by atoms with E-state index in [1.807, 2.05) is 0 Å². The lowest BCUT2D eigenvalue weighted by Gasteiger charge is -2.18. The van der Waals surface area contributed by atoms with Crippen LogP contribution in [0.5, 0.6) is 0 Å². The molecule has 0 amide bonds. The van der Waals surface area contributed by atoms with Gasteiger partial charge >= 0.3 is 5.97 Å². The number of ether oxygens (including phenoxy) is 1. The molecule has 1 fully saturated rings. The quantitative estimate of drug-likeness (QED) is 0.687. The normalized spacial score (nSPS) is 20.3. The molecule has 6 heteroatoms. The largest absolute Gasteiger partial charge is 0.456 e. The molecule has 1 aromatic rings. The van der Waals surface area contributed by atoms with Crippen LogP contribution in [0.15, 0.2) is 12.1 Å². The lowest BCUT2D eigenvalue weighted by Crippen LogP contribution is -2.33. The third-order valence-corrected chi connectivity index (χ3v) is 3.51. The molecule has 0 aliphatic carbocycles. The van der Waals surface area contributed by atoms with Crippen LogP contribution in [0.2, 0.25) is 5.02 Å². The van der Waals surface area contributed by atoms with Crippen LogP contribution in [0.4, 0.5) is 8.78 Å². The molecular weight excluding hydrogens is 276 g/mol. The number of nitrogens with one attached hydrogen (secondary N) is 1. The van der Waals surface area contributed by atoms with Crippen molar-refractivity contribution < 1.29 is 18.3 Å². The first-order valence-electron chi connectivity index (χ1n) is 6.08. The van der Waals surface area contributed by atoms with Crippen LogP contribution in [0, 0.1) is 11.6 Å².